The number of hydrogen-bond donors (Lipinski definition) is 2. The SMILES string of the molecule is COc1cc(C)c(NC2CCCC2N)cc1C(C)C. The highest BCUT2D eigenvalue weighted by molar-refractivity contribution is 5.58. The molecule has 0 radical (unpaired) electrons. The molecule has 3 N–H and O–H groups in total. The van der Waals surface area contributed by atoms with Gasteiger partial charge in [0.2, 0.25) is 0 Å². The molecule has 0 amide bonds. The Morgan fingerprint density at radius 1 is 1.32 bits per heavy atom. The molecule has 3 heteroatoms. The number of rotatable bonds is 4. The first-order valence-corrected chi connectivity index (χ1v) is 7.23. The van der Waals surface area contributed by atoms with E-state index < -0.39 is 0 Å². The summed E-state index contributed by atoms with van der Waals surface area (Å²) in [5.41, 5.74) is 9.82. The lowest BCUT2D eigenvalue weighted by molar-refractivity contribution is 0.407. The van der Waals surface area contributed by atoms with E-state index in [9.17, 15) is 0 Å². The van der Waals surface area contributed by atoms with E-state index in [0.29, 0.717) is 12.0 Å². The Kier molecular flexibility index (Phi) is 4.35. The zero-order chi connectivity index (χ0) is 14.0. The Morgan fingerprint density at radius 3 is 2.58 bits per heavy atom. The average molecular weight is 262 g/mol. The molecular formula is C16H26N2O. The predicted molar refractivity (Wildman–Crippen MR) is 81.1 cm³/mol. The van der Waals surface area contributed by atoms with Crippen molar-refractivity contribution in [3.05, 3.63) is 23.3 Å². The summed E-state index contributed by atoms with van der Waals surface area (Å²) >= 11 is 0. The van der Waals surface area contributed by atoms with Crippen LogP contribution in [0, 0.1) is 6.92 Å². The quantitative estimate of drug-likeness (QED) is 0.874. The maximum Gasteiger partial charge on any atom is 0.122 e. The molecule has 3 nitrogen and oxygen atoms in total. The Balaban J connectivity index is 2.27. The first-order chi connectivity index (χ1) is 9.02. The topological polar surface area (TPSA) is 47.3 Å². The molecule has 0 bridgehead atoms. The van der Waals surface area contributed by atoms with E-state index >= 15 is 0 Å². The molecule has 2 rings (SSSR count). The minimum absolute atomic E-state index is 0.281. The Bertz CT molecular complexity index is 443. The number of benzene rings is 1. The van der Waals surface area contributed by atoms with Crippen LogP contribution in [0.2, 0.25) is 0 Å². The average Bonchev–Trinajstić information content (AvgIpc) is 2.76. The van der Waals surface area contributed by atoms with Gasteiger partial charge in [-0.25, -0.2) is 0 Å². The number of hydrogen-bond acceptors (Lipinski definition) is 3. The smallest absolute Gasteiger partial charge is 0.122 e. The summed E-state index contributed by atoms with van der Waals surface area (Å²) in [7, 11) is 1.74. The largest absolute Gasteiger partial charge is 0.496 e. The van der Waals surface area contributed by atoms with Gasteiger partial charge in [0.15, 0.2) is 0 Å². The lowest BCUT2D eigenvalue weighted by atomic mass is 9.98. The van der Waals surface area contributed by atoms with Crippen LogP contribution in [0.3, 0.4) is 0 Å². The molecular weight excluding hydrogens is 236 g/mol. The van der Waals surface area contributed by atoms with Crippen molar-refractivity contribution < 1.29 is 4.74 Å². The third-order valence-corrected chi connectivity index (χ3v) is 4.11. The third-order valence-electron chi connectivity index (χ3n) is 4.11. The molecule has 0 aromatic heterocycles. The highest BCUT2D eigenvalue weighted by atomic mass is 16.5. The maximum absolute atomic E-state index is 6.14. The van der Waals surface area contributed by atoms with E-state index in [4.69, 9.17) is 10.5 Å². The summed E-state index contributed by atoms with van der Waals surface area (Å²) in [4.78, 5) is 0. The van der Waals surface area contributed by atoms with Gasteiger partial charge in [-0.2, -0.15) is 0 Å². The van der Waals surface area contributed by atoms with Crippen molar-refractivity contribution >= 4 is 5.69 Å². The van der Waals surface area contributed by atoms with E-state index in [1.54, 1.807) is 7.11 Å². The van der Waals surface area contributed by atoms with Gasteiger partial charge in [0.1, 0.15) is 5.75 Å². The molecule has 0 aliphatic heterocycles. The Labute approximate surface area is 116 Å². The van der Waals surface area contributed by atoms with E-state index in [0.717, 1.165) is 12.2 Å². The molecule has 0 spiro atoms. The fraction of sp³-hybridized carbons (Fsp3) is 0.625. The van der Waals surface area contributed by atoms with Crippen LogP contribution in [0.1, 0.15) is 50.2 Å². The molecule has 1 aromatic rings. The lowest BCUT2D eigenvalue weighted by Gasteiger charge is -2.22. The first kappa shape index (κ1) is 14.2. The van der Waals surface area contributed by atoms with Crippen molar-refractivity contribution in [3.8, 4) is 5.75 Å². The van der Waals surface area contributed by atoms with Crippen LogP contribution in [0.15, 0.2) is 12.1 Å². The third kappa shape index (κ3) is 3.03. The number of ether oxygens (including phenoxy) is 1. The van der Waals surface area contributed by atoms with Crippen molar-refractivity contribution in [3.63, 3.8) is 0 Å². The summed E-state index contributed by atoms with van der Waals surface area (Å²) in [5.74, 6) is 1.43. The number of anilines is 1. The van der Waals surface area contributed by atoms with Gasteiger partial charge in [-0.15, -0.1) is 0 Å². The van der Waals surface area contributed by atoms with Gasteiger partial charge in [-0.3, -0.25) is 0 Å². The molecule has 2 unspecified atom stereocenters. The van der Waals surface area contributed by atoms with E-state index in [1.165, 1.54) is 29.7 Å². The Hall–Kier alpha value is -1.22. The highest BCUT2D eigenvalue weighted by Gasteiger charge is 2.24. The normalized spacial score (nSPS) is 22.8. The second-order valence-corrected chi connectivity index (χ2v) is 5.91. The minimum Gasteiger partial charge on any atom is -0.496 e. The number of aryl methyl sites for hydroxylation is 1. The van der Waals surface area contributed by atoms with E-state index in [2.05, 4.69) is 38.2 Å². The molecule has 1 aliphatic rings. The van der Waals surface area contributed by atoms with Crippen LogP contribution < -0.4 is 15.8 Å². The summed E-state index contributed by atoms with van der Waals surface area (Å²) in [6.07, 6.45) is 3.53. The summed E-state index contributed by atoms with van der Waals surface area (Å²) in [5, 5.41) is 3.62. The highest BCUT2D eigenvalue weighted by Crippen LogP contribution is 2.33. The Morgan fingerprint density at radius 2 is 2.05 bits per heavy atom. The molecule has 0 heterocycles. The minimum atomic E-state index is 0.281. The van der Waals surface area contributed by atoms with Crippen molar-refractivity contribution in [1.82, 2.24) is 0 Å². The molecule has 1 fully saturated rings. The fourth-order valence-corrected chi connectivity index (χ4v) is 2.85. The van der Waals surface area contributed by atoms with Crippen molar-refractivity contribution in [1.29, 1.82) is 0 Å². The van der Waals surface area contributed by atoms with Gasteiger partial charge >= 0.3 is 0 Å². The van der Waals surface area contributed by atoms with Crippen LogP contribution in [0.4, 0.5) is 5.69 Å². The number of nitrogens with one attached hydrogen (secondary N) is 1. The maximum atomic E-state index is 6.14. The van der Waals surface area contributed by atoms with Crippen LogP contribution in [-0.2, 0) is 0 Å². The van der Waals surface area contributed by atoms with Crippen LogP contribution >= 0.6 is 0 Å². The molecule has 1 aliphatic carbocycles. The molecule has 1 saturated carbocycles. The van der Waals surface area contributed by atoms with E-state index in [1.807, 2.05) is 0 Å². The van der Waals surface area contributed by atoms with Gasteiger partial charge < -0.3 is 15.8 Å². The number of nitrogens with two attached hydrogens (primary N) is 1. The van der Waals surface area contributed by atoms with Crippen LogP contribution in [0.5, 0.6) is 5.75 Å². The predicted octanol–water partition coefficient (Wildman–Crippen LogP) is 3.42. The molecule has 106 valence electrons. The second-order valence-electron chi connectivity index (χ2n) is 5.91. The summed E-state index contributed by atoms with van der Waals surface area (Å²) in [6, 6.07) is 5.04. The van der Waals surface area contributed by atoms with Crippen LogP contribution in [-0.4, -0.2) is 19.2 Å². The van der Waals surface area contributed by atoms with Crippen molar-refractivity contribution in [2.24, 2.45) is 5.73 Å². The zero-order valence-electron chi connectivity index (χ0n) is 12.5. The zero-order valence-corrected chi connectivity index (χ0v) is 12.5. The van der Waals surface area contributed by atoms with Gasteiger partial charge in [0.05, 0.1) is 7.11 Å². The molecule has 1 aromatic carbocycles. The molecule has 2 atom stereocenters. The number of methoxy groups -OCH3 is 1. The van der Waals surface area contributed by atoms with Gasteiger partial charge in [0, 0.05) is 17.8 Å². The summed E-state index contributed by atoms with van der Waals surface area (Å²) in [6.45, 7) is 6.51. The molecule has 19 heavy (non-hydrogen) atoms. The standard InChI is InChI=1S/C16H26N2O/c1-10(2)12-9-15(11(3)8-16(12)19-4)18-14-7-5-6-13(14)17/h8-10,13-14,18H,5-7,17H2,1-4H3. The monoisotopic (exact) mass is 262 g/mol. The second kappa shape index (κ2) is 5.83. The van der Waals surface area contributed by atoms with Crippen LogP contribution in [0.25, 0.3) is 0 Å². The van der Waals surface area contributed by atoms with E-state index in [-0.39, 0.29) is 6.04 Å². The first-order valence-electron chi connectivity index (χ1n) is 7.23. The lowest BCUT2D eigenvalue weighted by Crippen LogP contribution is -2.35. The van der Waals surface area contributed by atoms with Gasteiger partial charge in [-0.05, 0) is 55.4 Å². The van der Waals surface area contributed by atoms with Gasteiger partial charge in [-0.1, -0.05) is 13.8 Å². The van der Waals surface area contributed by atoms with Crippen molar-refractivity contribution in [2.45, 2.75) is 58.0 Å². The van der Waals surface area contributed by atoms with Gasteiger partial charge in [0.25, 0.3) is 0 Å². The summed E-state index contributed by atoms with van der Waals surface area (Å²) < 4.78 is 5.48. The van der Waals surface area contributed by atoms with Crippen molar-refractivity contribution in [2.75, 3.05) is 12.4 Å². The fourth-order valence-electron chi connectivity index (χ4n) is 2.85. The molecule has 0 saturated heterocycles.